The molecule has 0 aliphatic heterocycles. The first-order valence-electron chi connectivity index (χ1n) is 7.47. The molecule has 1 amide bonds. The SMILES string of the molecule is COc1ccc([N+](=O)[O-])cc1NC(=O)c1ccc(-n2ccnc2C)nn1. The summed E-state index contributed by atoms with van der Waals surface area (Å²) in [5.41, 5.74) is 0.0567. The van der Waals surface area contributed by atoms with E-state index in [-0.39, 0.29) is 17.1 Å². The number of imidazole rings is 1. The number of rotatable bonds is 5. The summed E-state index contributed by atoms with van der Waals surface area (Å²) in [4.78, 5) is 26.8. The van der Waals surface area contributed by atoms with Gasteiger partial charge in [-0.3, -0.25) is 19.5 Å². The van der Waals surface area contributed by atoms with Gasteiger partial charge in [-0.25, -0.2) is 4.98 Å². The lowest BCUT2D eigenvalue weighted by molar-refractivity contribution is -0.384. The van der Waals surface area contributed by atoms with Crippen LogP contribution in [0, 0.1) is 17.0 Å². The highest BCUT2D eigenvalue weighted by Gasteiger charge is 2.16. The molecule has 0 unspecified atom stereocenters. The Balaban J connectivity index is 1.83. The molecule has 2 heterocycles. The molecule has 0 aliphatic carbocycles. The molecule has 0 radical (unpaired) electrons. The zero-order chi connectivity index (χ0) is 18.7. The van der Waals surface area contributed by atoms with Gasteiger partial charge in [0.15, 0.2) is 11.5 Å². The molecule has 3 rings (SSSR count). The number of carbonyl (C=O) groups is 1. The van der Waals surface area contributed by atoms with Crippen LogP contribution in [-0.2, 0) is 0 Å². The highest BCUT2D eigenvalue weighted by molar-refractivity contribution is 6.03. The van der Waals surface area contributed by atoms with Crippen LogP contribution in [0.25, 0.3) is 5.82 Å². The second-order valence-corrected chi connectivity index (χ2v) is 5.22. The van der Waals surface area contributed by atoms with Crippen molar-refractivity contribution in [2.24, 2.45) is 0 Å². The van der Waals surface area contributed by atoms with E-state index >= 15 is 0 Å². The van der Waals surface area contributed by atoms with E-state index in [1.165, 1.54) is 31.4 Å². The fourth-order valence-electron chi connectivity index (χ4n) is 2.29. The predicted octanol–water partition coefficient (Wildman–Crippen LogP) is 2.14. The quantitative estimate of drug-likeness (QED) is 0.549. The molecule has 0 aliphatic rings. The van der Waals surface area contributed by atoms with Gasteiger partial charge in [-0.1, -0.05) is 0 Å². The summed E-state index contributed by atoms with van der Waals surface area (Å²) < 4.78 is 6.83. The fraction of sp³-hybridized carbons (Fsp3) is 0.125. The number of nitro benzene ring substituents is 1. The van der Waals surface area contributed by atoms with Gasteiger partial charge in [0, 0.05) is 24.5 Å². The molecule has 0 fully saturated rings. The topological polar surface area (TPSA) is 125 Å². The van der Waals surface area contributed by atoms with E-state index in [9.17, 15) is 14.9 Å². The molecule has 3 aromatic rings. The molecule has 0 spiro atoms. The molecule has 0 atom stereocenters. The third-order valence-corrected chi connectivity index (χ3v) is 3.60. The Kier molecular flexibility index (Phi) is 4.56. The molecule has 10 heteroatoms. The maximum Gasteiger partial charge on any atom is 0.276 e. The van der Waals surface area contributed by atoms with Crippen molar-refractivity contribution in [3.05, 3.63) is 64.4 Å². The number of aromatic nitrogens is 4. The number of nitrogens with zero attached hydrogens (tertiary/aromatic N) is 5. The average molecular weight is 354 g/mol. The van der Waals surface area contributed by atoms with Gasteiger partial charge < -0.3 is 10.1 Å². The number of aryl methyl sites for hydroxylation is 1. The highest BCUT2D eigenvalue weighted by atomic mass is 16.6. The van der Waals surface area contributed by atoms with E-state index < -0.39 is 10.8 Å². The Morgan fingerprint density at radius 2 is 2.08 bits per heavy atom. The lowest BCUT2D eigenvalue weighted by Gasteiger charge is -2.10. The van der Waals surface area contributed by atoms with Crippen LogP contribution in [0.15, 0.2) is 42.7 Å². The van der Waals surface area contributed by atoms with Crippen molar-refractivity contribution < 1.29 is 14.5 Å². The number of non-ortho nitro benzene ring substituents is 1. The van der Waals surface area contributed by atoms with E-state index in [0.717, 1.165) is 5.82 Å². The summed E-state index contributed by atoms with van der Waals surface area (Å²) in [5.74, 6) is 0.982. The Morgan fingerprint density at radius 3 is 2.65 bits per heavy atom. The van der Waals surface area contributed by atoms with Crippen molar-refractivity contribution in [3.8, 4) is 11.6 Å². The Hall–Kier alpha value is -3.82. The van der Waals surface area contributed by atoms with Gasteiger partial charge in [0.05, 0.1) is 17.7 Å². The van der Waals surface area contributed by atoms with Crippen molar-refractivity contribution in [2.45, 2.75) is 6.92 Å². The van der Waals surface area contributed by atoms with Crippen LogP contribution >= 0.6 is 0 Å². The number of amides is 1. The molecule has 1 N–H and O–H groups in total. The summed E-state index contributed by atoms with van der Waals surface area (Å²) in [6, 6.07) is 7.04. The van der Waals surface area contributed by atoms with Gasteiger partial charge >= 0.3 is 0 Å². The number of benzene rings is 1. The summed E-state index contributed by atoms with van der Waals surface area (Å²) >= 11 is 0. The maximum atomic E-state index is 12.4. The van der Waals surface area contributed by atoms with E-state index in [1.807, 2.05) is 6.92 Å². The third-order valence-electron chi connectivity index (χ3n) is 3.60. The maximum absolute atomic E-state index is 12.4. The normalized spacial score (nSPS) is 10.4. The highest BCUT2D eigenvalue weighted by Crippen LogP contribution is 2.29. The van der Waals surface area contributed by atoms with Crippen LogP contribution in [-0.4, -0.2) is 37.7 Å². The molecule has 2 aromatic heterocycles. The smallest absolute Gasteiger partial charge is 0.276 e. The van der Waals surface area contributed by atoms with E-state index in [0.29, 0.717) is 11.6 Å². The monoisotopic (exact) mass is 354 g/mol. The minimum Gasteiger partial charge on any atom is -0.495 e. The number of ether oxygens (including phenoxy) is 1. The fourth-order valence-corrected chi connectivity index (χ4v) is 2.29. The first-order chi connectivity index (χ1) is 12.5. The van der Waals surface area contributed by atoms with Crippen molar-refractivity contribution in [3.63, 3.8) is 0 Å². The minimum absolute atomic E-state index is 0.0556. The number of nitrogens with one attached hydrogen (secondary N) is 1. The average Bonchev–Trinajstić information content (AvgIpc) is 3.07. The molecular formula is C16H14N6O4. The standard InChI is InChI=1S/C16H14N6O4/c1-10-17-7-8-21(10)15-6-4-12(19-20-15)16(23)18-13-9-11(22(24)25)3-5-14(13)26-2/h3-9H,1-2H3,(H,18,23). The lowest BCUT2D eigenvalue weighted by atomic mass is 10.2. The van der Waals surface area contributed by atoms with Crippen LogP contribution in [0.1, 0.15) is 16.3 Å². The first-order valence-corrected chi connectivity index (χ1v) is 7.47. The third kappa shape index (κ3) is 3.34. The van der Waals surface area contributed by atoms with Crippen LogP contribution in [0.3, 0.4) is 0 Å². The van der Waals surface area contributed by atoms with Crippen molar-refractivity contribution in [2.75, 3.05) is 12.4 Å². The second kappa shape index (κ2) is 6.97. The number of nitro groups is 1. The molecule has 132 valence electrons. The van der Waals surface area contributed by atoms with Crippen LogP contribution in [0.2, 0.25) is 0 Å². The summed E-state index contributed by atoms with van der Waals surface area (Å²) in [6.07, 6.45) is 3.36. The molecule has 0 bridgehead atoms. The zero-order valence-corrected chi connectivity index (χ0v) is 13.9. The number of carbonyl (C=O) groups excluding carboxylic acids is 1. The molecule has 26 heavy (non-hydrogen) atoms. The van der Waals surface area contributed by atoms with E-state index in [1.54, 1.807) is 23.0 Å². The number of hydrogen-bond donors (Lipinski definition) is 1. The Labute approximate surface area is 147 Å². The minimum atomic E-state index is -0.565. The largest absolute Gasteiger partial charge is 0.495 e. The Morgan fingerprint density at radius 1 is 1.27 bits per heavy atom. The molecule has 10 nitrogen and oxygen atoms in total. The van der Waals surface area contributed by atoms with Gasteiger partial charge in [-0.05, 0) is 25.1 Å². The number of methoxy groups -OCH3 is 1. The molecule has 1 aromatic carbocycles. The molecular weight excluding hydrogens is 340 g/mol. The Bertz CT molecular complexity index is 967. The van der Waals surface area contributed by atoms with Gasteiger partial charge in [0.25, 0.3) is 11.6 Å². The summed E-state index contributed by atoms with van der Waals surface area (Å²) in [5, 5.41) is 21.4. The van der Waals surface area contributed by atoms with Crippen molar-refractivity contribution in [1.29, 1.82) is 0 Å². The van der Waals surface area contributed by atoms with Crippen LogP contribution < -0.4 is 10.1 Å². The number of anilines is 1. The van der Waals surface area contributed by atoms with Crippen LogP contribution in [0.4, 0.5) is 11.4 Å². The van der Waals surface area contributed by atoms with Crippen molar-refractivity contribution in [1.82, 2.24) is 19.7 Å². The second-order valence-electron chi connectivity index (χ2n) is 5.22. The summed E-state index contributed by atoms with van der Waals surface area (Å²) in [7, 11) is 1.40. The molecule has 0 saturated heterocycles. The predicted molar refractivity (Wildman–Crippen MR) is 91.5 cm³/mol. The first kappa shape index (κ1) is 17.0. The van der Waals surface area contributed by atoms with Gasteiger partial charge in [-0.15, -0.1) is 10.2 Å². The van der Waals surface area contributed by atoms with Crippen LogP contribution in [0.5, 0.6) is 5.75 Å². The lowest BCUT2D eigenvalue weighted by Crippen LogP contribution is -2.15. The molecule has 0 saturated carbocycles. The van der Waals surface area contributed by atoms with Gasteiger partial charge in [0.1, 0.15) is 11.6 Å². The van der Waals surface area contributed by atoms with Gasteiger partial charge in [-0.2, -0.15) is 0 Å². The zero-order valence-electron chi connectivity index (χ0n) is 13.9. The number of hydrogen-bond acceptors (Lipinski definition) is 7. The van der Waals surface area contributed by atoms with Crippen molar-refractivity contribution >= 4 is 17.3 Å². The van der Waals surface area contributed by atoms with Gasteiger partial charge in [0.2, 0.25) is 0 Å². The van der Waals surface area contributed by atoms with E-state index in [4.69, 9.17) is 4.74 Å². The van der Waals surface area contributed by atoms with E-state index in [2.05, 4.69) is 20.5 Å². The summed E-state index contributed by atoms with van der Waals surface area (Å²) in [6.45, 7) is 1.82.